The molecule has 2 heterocycles. The number of fused-ring (bicyclic) bond motifs is 1. The van der Waals surface area contributed by atoms with Crippen LogP contribution in [-0.2, 0) is 20.1 Å². The number of benzene rings is 1. The third-order valence-electron chi connectivity index (χ3n) is 5.02. The van der Waals surface area contributed by atoms with Crippen LogP contribution in [0.2, 0.25) is 0 Å². The summed E-state index contributed by atoms with van der Waals surface area (Å²) in [5, 5.41) is 9.16. The van der Waals surface area contributed by atoms with Crippen LogP contribution in [0.1, 0.15) is 18.9 Å². The van der Waals surface area contributed by atoms with Crippen LogP contribution >= 0.6 is 0 Å². The van der Waals surface area contributed by atoms with Crippen LogP contribution in [0.3, 0.4) is 0 Å². The number of hydrogen-bond acceptors (Lipinski definition) is 5. The zero-order valence-electron chi connectivity index (χ0n) is 18.6. The number of rotatable bonds is 10. The Bertz CT molecular complexity index is 1300. The zero-order chi connectivity index (χ0) is 24.0. The summed E-state index contributed by atoms with van der Waals surface area (Å²) in [5.74, 6) is -0.479. The van der Waals surface area contributed by atoms with Crippen molar-refractivity contribution >= 4 is 11.2 Å². The SMILES string of the molecule is C=C/C=C(F)\C=C/C(C)Oc1nc2c(c(=O)n(CCCO)c(=O)n2C)n1Cc1ccccc1. The second kappa shape index (κ2) is 10.7. The van der Waals surface area contributed by atoms with E-state index in [2.05, 4.69) is 11.6 Å². The van der Waals surface area contributed by atoms with E-state index in [0.717, 1.165) is 10.1 Å². The third-order valence-corrected chi connectivity index (χ3v) is 5.02. The number of ether oxygens (including phenoxy) is 1. The average Bonchev–Trinajstić information content (AvgIpc) is 3.15. The normalized spacial score (nSPS) is 13.0. The minimum Gasteiger partial charge on any atom is -0.457 e. The van der Waals surface area contributed by atoms with Crippen molar-refractivity contribution in [3.63, 3.8) is 0 Å². The highest BCUT2D eigenvalue weighted by Crippen LogP contribution is 2.21. The lowest BCUT2D eigenvalue weighted by molar-refractivity contribution is 0.238. The molecule has 3 aromatic rings. The van der Waals surface area contributed by atoms with E-state index in [1.807, 2.05) is 30.3 Å². The standard InChI is InChI=1S/C24H27FN4O4/c1-4-9-19(25)13-12-17(2)33-23-26-21-20(29(23)16-18-10-6-5-7-11-18)22(31)28(14-8-15-30)24(32)27(21)3/h4-7,9-13,17,30H,1,8,14-16H2,2-3H3/b13-12-,19-9+. The van der Waals surface area contributed by atoms with E-state index in [1.54, 1.807) is 11.5 Å². The first-order valence-electron chi connectivity index (χ1n) is 10.5. The highest BCUT2D eigenvalue weighted by atomic mass is 19.1. The van der Waals surface area contributed by atoms with Crippen molar-refractivity contribution in [3.05, 3.63) is 93.4 Å². The van der Waals surface area contributed by atoms with Crippen LogP contribution in [0.25, 0.3) is 11.2 Å². The number of allylic oxidation sites excluding steroid dienone is 4. The van der Waals surface area contributed by atoms with Crippen LogP contribution in [0, 0.1) is 0 Å². The van der Waals surface area contributed by atoms with E-state index in [9.17, 15) is 14.0 Å². The summed E-state index contributed by atoms with van der Waals surface area (Å²) >= 11 is 0. The number of aliphatic hydroxyl groups excluding tert-OH is 1. The number of aromatic nitrogens is 4. The van der Waals surface area contributed by atoms with Gasteiger partial charge >= 0.3 is 5.69 Å². The summed E-state index contributed by atoms with van der Waals surface area (Å²) in [4.78, 5) is 30.4. The number of aryl methyl sites for hydroxylation is 1. The molecular formula is C24H27FN4O4. The average molecular weight is 455 g/mol. The smallest absolute Gasteiger partial charge is 0.332 e. The van der Waals surface area contributed by atoms with Gasteiger partial charge in [0, 0.05) is 20.2 Å². The molecule has 174 valence electrons. The Morgan fingerprint density at radius 3 is 2.67 bits per heavy atom. The van der Waals surface area contributed by atoms with Gasteiger partial charge in [0.2, 0.25) is 0 Å². The molecule has 0 aliphatic rings. The summed E-state index contributed by atoms with van der Waals surface area (Å²) in [6.45, 7) is 5.38. The van der Waals surface area contributed by atoms with Gasteiger partial charge in [0.05, 0.1) is 6.54 Å². The molecule has 0 aliphatic carbocycles. The molecule has 1 N–H and O–H groups in total. The Hall–Kier alpha value is -3.72. The molecule has 0 radical (unpaired) electrons. The molecule has 0 saturated carbocycles. The van der Waals surface area contributed by atoms with Crippen molar-refractivity contribution < 1.29 is 14.2 Å². The van der Waals surface area contributed by atoms with Gasteiger partial charge in [0.1, 0.15) is 11.9 Å². The summed E-state index contributed by atoms with van der Waals surface area (Å²) in [6.07, 6.45) is 5.02. The Labute approximate surface area is 190 Å². The van der Waals surface area contributed by atoms with Crippen LogP contribution in [0.4, 0.5) is 4.39 Å². The first kappa shape index (κ1) is 23.9. The fraction of sp³-hybridized carbons (Fsp3) is 0.292. The van der Waals surface area contributed by atoms with Gasteiger partial charge in [0.25, 0.3) is 11.6 Å². The monoisotopic (exact) mass is 454 g/mol. The number of nitrogens with zero attached hydrogens (tertiary/aromatic N) is 4. The van der Waals surface area contributed by atoms with Gasteiger partial charge in [-0.2, -0.15) is 4.98 Å². The fourth-order valence-electron chi connectivity index (χ4n) is 3.38. The molecule has 3 rings (SSSR count). The van der Waals surface area contributed by atoms with Gasteiger partial charge in [-0.1, -0.05) is 43.0 Å². The molecule has 0 amide bonds. The van der Waals surface area contributed by atoms with E-state index in [0.29, 0.717) is 0 Å². The molecule has 0 aliphatic heterocycles. The molecular weight excluding hydrogens is 427 g/mol. The molecule has 8 nitrogen and oxygen atoms in total. The van der Waals surface area contributed by atoms with Crippen LogP contribution in [0.5, 0.6) is 6.01 Å². The first-order valence-corrected chi connectivity index (χ1v) is 10.5. The highest BCUT2D eigenvalue weighted by Gasteiger charge is 2.22. The number of hydrogen-bond donors (Lipinski definition) is 1. The van der Waals surface area contributed by atoms with Crippen molar-refractivity contribution in [2.24, 2.45) is 7.05 Å². The lowest BCUT2D eigenvalue weighted by Crippen LogP contribution is -2.39. The van der Waals surface area contributed by atoms with Crippen LogP contribution < -0.4 is 16.0 Å². The molecule has 33 heavy (non-hydrogen) atoms. The Morgan fingerprint density at radius 1 is 1.27 bits per heavy atom. The van der Waals surface area contributed by atoms with Gasteiger partial charge in [-0.05, 0) is 37.1 Å². The second-order valence-corrected chi connectivity index (χ2v) is 7.48. The van der Waals surface area contributed by atoms with Gasteiger partial charge in [0.15, 0.2) is 11.2 Å². The van der Waals surface area contributed by atoms with Crippen LogP contribution in [0.15, 0.2) is 76.6 Å². The van der Waals surface area contributed by atoms with Crippen molar-refractivity contribution in [3.8, 4) is 6.01 Å². The first-order chi connectivity index (χ1) is 15.9. The molecule has 0 bridgehead atoms. The molecule has 1 aromatic carbocycles. The number of aliphatic hydroxyl groups is 1. The highest BCUT2D eigenvalue weighted by molar-refractivity contribution is 5.72. The van der Waals surface area contributed by atoms with E-state index < -0.39 is 23.2 Å². The predicted octanol–water partition coefficient (Wildman–Crippen LogP) is 2.69. The van der Waals surface area contributed by atoms with Crippen LogP contribution in [-0.4, -0.2) is 36.5 Å². The second-order valence-electron chi connectivity index (χ2n) is 7.48. The Balaban J connectivity index is 2.14. The lowest BCUT2D eigenvalue weighted by atomic mass is 10.2. The summed E-state index contributed by atoms with van der Waals surface area (Å²) in [7, 11) is 1.53. The quantitative estimate of drug-likeness (QED) is 0.476. The fourth-order valence-corrected chi connectivity index (χ4v) is 3.38. The molecule has 9 heteroatoms. The summed E-state index contributed by atoms with van der Waals surface area (Å²) < 4.78 is 23.6. The van der Waals surface area contributed by atoms with Crippen molar-refractivity contribution in [1.29, 1.82) is 0 Å². The molecule has 1 unspecified atom stereocenters. The van der Waals surface area contributed by atoms with E-state index in [1.165, 1.54) is 35.9 Å². The van der Waals surface area contributed by atoms with E-state index in [-0.39, 0.29) is 43.3 Å². The van der Waals surface area contributed by atoms with Gasteiger partial charge in [-0.3, -0.25) is 18.5 Å². The minimum atomic E-state index is -0.575. The van der Waals surface area contributed by atoms with Crippen molar-refractivity contribution in [2.75, 3.05) is 6.61 Å². The summed E-state index contributed by atoms with van der Waals surface area (Å²) in [6, 6.07) is 9.58. The molecule has 1 atom stereocenters. The molecule has 0 fully saturated rings. The van der Waals surface area contributed by atoms with Crippen molar-refractivity contribution in [1.82, 2.24) is 18.7 Å². The Morgan fingerprint density at radius 2 is 2.00 bits per heavy atom. The van der Waals surface area contributed by atoms with Gasteiger partial charge < -0.3 is 9.84 Å². The Kier molecular flexibility index (Phi) is 7.78. The molecule has 0 spiro atoms. The van der Waals surface area contributed by atoms with E-state index >= 15 is 0 Å². The maximum Gasteiger partial charge on any atom is 0.332 e. The van der Waals surface area contributed by atoms with Crippen molar-refractivity contribution in [2.45, 2.75) is 32.5 Å². The molecule has 0 saturated heterocycles. The topological polar surface area (TPSA) is 91.3 Å². The lowest BCUT2D eigenvalue weighted by Gasteiger charge is -2.13. The number of imidazole rings is 1. The summed E-state index contributed by atoms with van der Waals surface area (Å²) in [5.41, 5.74) is 0.261. The van der Waals surface area contributed by atoms with E-state index in [4.69, 9.17) is 9.84 Å². The largest absolute Gasteiger partial charge is 0.457 e. The van der Waals surface area contributed by atoms with Gasteiger partial charge in [-0.25, -0.2) is 9.18 Å². The molecule has 2 aromatic heterocycles. The minimum absolute atomic E-state index is 0.0821. The van der Waals surface area contributed by atoms with Gasteiger partial charge in [-0.15, -0.1) is 0 Å². The maximum atomic E-state index is 13.7. The zero-order valence-corrected chi connectivity index (χ0v) is 18.6. The third kappa shape index (κ3) is 5.38. The maximum absolute atomic E-state index is 13.7. The number of halogens is 1. The predicted molar refractivity (Wildman–Crippen MR) is 125 cm³/mol.